The van der Waals surface area contributed by atoms with Crippen LogP contribution in [-0.4, -0.2) is 4.98 Å². The Balaban J connectivity index is 1.95. The molecule has 0 aliphatic carbocycles. The summed E-state index contributed by atoms with van der Waals surface area (Å²) in [5.41, 5.74) is 13.3. The molecule has 1 heterocycles. The van der Waals surface area contributed by atoms with Gasteiger partial charge in [-0.2, -0.15) is 0 Å². The summed E-state index contributed by atoms with van der Waals surface area (Å²) in [6.07, 6.45) is 1.75. The van der Waals surface area contributed by atoms with Gasteiger partial charge in [0.2, 0.25) is 5.13 Å². The molecule has 0 spiro atoms. The van der Waals surface area contributed by atoms with E-state index in [0.717, 1.165) is 16.5 Å². The number of hydrazine groups is 1. The summed E-state index contributed by atoms with van der Waals surface area (Å²) in [5.74, 6) is 0. The third-order valence-electron chi connectivity index (χ3n) is 1.66. The van der Waals surface area contributed by atoms with Gasteiger partial charge in [-0.1, -0.05) is 0 Å². The average Bonchev–Trinajstić information content (AvgIpc) is 2.70. The Morgan fingerprint density at radius 1 is 1.14 bits per heavy atom. The fraction of sp³-hybridized carbons (Fsp3) is 0. The van der Waals surface area contributed by atoms with Crippen molar-refractivity contribution in [2.24, 2.45) is 0 Å². The average molecular weight is 206 g/mol. The van der Waals surface area contributed by atoms with Gasteiger partial charge in [0.25, 0.3) is 0 Å². The van der Waals surface area contributed by atoms with Crippen LogP contribution in [-0.2, 0) is 0 Å². The molecule has 0 fully saturated rings. The van der Waals surface area contributed by atoms with Crippen molar-refractivity contribution >= 4 is 27.8 Å². The van der Waals surface area contributed by atoms with E-state index >= 15 is 0 Å². The zero-order valence-electron chi connectivity index (χ0n) is 7.40. The largest absolute Gasteiger partial charge is 0.399 e. The predicted molar refractivity (Wildman–Crippen MR) is 60.2 cm³/mol. The lowest BCUT2D eigenvalue weighted by atomic mass is 10.3. The number of hydrogen-bond acceptors (Lipinski definition) is 5. The van der Waals surface area contributed by atoms with Crippen molar-refractivity contribution < 1.29 is 0 Å². The lowest BCUT2D eigenvalue weighted by Crippen LogP contribution is -2.07. The maximum atomic E-state index is 5.56. The summed E-state index contributed by atoms with van der Waals surface area (Å²) in [6, 6.07) is 7.48. The first kappa shape index (κ1) is 8.83. The molecule has 0 aliphatic rings. The second-order valence-corrected chi connectivity index (χ2v) is 3.60. The first-order chi connectivity index (χ1) is 6.84. The van der Waals surface area contributed by atoms with Gasteiger partial charge in [0.05, 0.1) is 5.69 Å². The maximum absolute atomic E-state index is 5.56. The van der Waals surface area contributed by atoms with Crippen LogP contribution in [0.15, 0.2) is 35.8 Å². The summed E-state index contributed by atoms with van der Waals surface area (Å²) in [7, 11) is 0. The molecule has 0 saturated carbocycles. The number of nitrogen functional groups attached to an aromatic ring is 1. The van der Waals surface area contributed by atoms with E-state index in [1.807, 2.05) is 29.6 Å². The molecule has 72 valence electrons. The van der Waals surface area contributed by atoms with E-state index in [9.17, 15) is 0 Å². The smallest absolute Gasteiger partial charge is 0.201 e. The van der Waals surface area contributed by atoms with Crippen molar-refractivity contribution in [2.75, 3.05) is 16.6 Å². The molecule has 14 heavy (non-hydrogen) atoms. The van der Waals surface area contributed by atoms with Crippen LogP contribution in [0, 0.1) is 0 Å². The second-order valence-electron chi connectivity index (χ2n) is 2.71. The van der Waals surface area contributed by atoms with Crippen molar-refractivity contribution in [3.05, 3.63) is 35.8 Å². The molecule has 0 saturated heterocycles. The first-order valence-electron chi connectivity index (χ1n) is 4.12. The Kier molecular flexibility index (Phi) is 2.51. The number of aromatic nitrogens is 1. The van der Waals surface area contributed by atoms with E-state index in [1.54, 1.807) is 6.20 Å². The number of thiazole rings is 1. The zero-order valence-corrected chi connectivity index (χ0v) is 8.21. The Hall–Kier alpha value is -1.75. The maximum Gasteiger partial charge on any atom is 0.201 e. The van der Waals surface area contributed by atoms with Gasteiger partial charge in [-0.15, -0.1) is 11.3 Å². The van der Waals surface area contributed by atoms with Crippen molar-refractivity contribution in [1.29, 1.82) is 0 Å². The number of benzene rings is 1. The fourth-order valence-electron chi connectivity index (χ4n) is 0.977. The summed E-state index contributed by atoms with van der Waals surface area (Å²) in [5, 5.41) is 2.74. The fourth-order valence-corrected chi connectivity index (χ4v) is 1.46. The van der Waals surface area contributed by atoms with Gasteiger partial charge in [0, 0.05) is 17.3 Å². The standard InChI is InChI=1S/C9H10N4S/c10-7-1-3-8(4-2-7)12-13-9-11-5-6-14-9/h1-6,12H,10H2,(H,11,13). The summed E-state index contributed by atoms with van der Waals surface area (Å²) >= 11 is 1.54. The number of nitrogens with one attached hydrogen (secondary N) is 2. The van der Waals surface area contributed by atoms with Crippen molar-refractivity contribution in [3.63, 3.8) is 0 Å². The van der Waals surface area contributed by atoms with E-state index in [1.165, 1.54) is 11.3 Å². The number of nitrogens with two attached hydrogens (primary N) is 1. The molecule has 0 aliphatic heterocycles. The number of anilines is 3. The normalized spacial score (nSPS) is 9.71. The van der Waals surface area contributed by atoms with Crippen LogP contribution in [0.1, 0.15) is 0 Å². The van der Waals surface area contributed by atoms with Crippen LogP contribution in [0.3, 0.4) is 0 Å². The predicted octanol–water partition coefficient (Wildman–Crippen LogP) is 2.16. The summed E-state index contributed by atoms with van der Waals surface area (Å²) in [6.45, 7) is 0. The molecule has 1 aromatic heterocycles. The van der Waals surface area contributed by atoms with E-state index in [4.69, 9.17) is 5.73 Å². The minimum absolute atomic E-state index is 0.754. The number of hydrogen-bond donors (Lipinski definition) is 3. The Morgan fingerprint density at radius 3 is 2.57 bits per heavy atom. The minimum Gasteiger partial charge on any atom is -0.399 e. The van der Waals surface area contributed by atoms with Gasteiger partial charge in [-0.05, 0) is 24.3 Å². The van der Waals surface area contributed by atoms with E-state index < -0.39 is 0 Å². The van der Waals surface area contributed by atoms with Gasteiger partial charge >= 0.3 is 0 Å². The van der Waals surface area contributed by atoms with Gasteiger partial charge < -0.3 is 5.73 Å². The molecule has 2 rings (SSSR count). The van der Waals surface area contributed by atoms with Crippen molar-refractivity contribution in [3.8, 4) is 0 Å². The summed E-state index contributed by atoms with van der Waals surface area (Å²) in [4.78, 5) is 4.07. The van der Waals surface area contributed by atoms with E-state index in [2.05, 4.69) is 15.8 Å². The Labute approximate surface area is 85.8 Å². The van der Waals surface area contributed by atoms with Crippen LogP contribution >= 0.6 is 11.3 Å². The van der Waals surface area contributed by atoms with Crippen LogP contribution in [0.2, 0.25) is 0 Å². The SMILES string of the molecule is Nc1ccc(NNc2nccs2)cc1. The molecule has 1 aromatic carbocycles. The van der Waals surface area contributed by atoms with Gasteiger partial charge in [0.15, 0.2) is 0 Å². The molecule has 4 N–H and O–H groups in total. The molecule has 4 nitrogen and oxygen atoms in total. The van der Waals surface area contributed by atoms with E-state index in [-0.39, 0.29) is 0 Å². The quantitative estimate of drug-likeness (QED) is 0.532. The number of rotatable bonds is 3. The van der Waals surface area contributed by atoms with Crippen molar-refractivity contribution in [2.45, 2.75) is 0 Å². The van der Waals surface area contributed by atoms with Crippen molar-refractivity contribution in [1.82, 2.24) is 4.98 Å². The second kappa shape index (κ2) is 3.97. The molecule has 0 radical (unpaired) electrons. The van der Waals surface area contributed by atoms with Crippen LogP contribution < -0.4 is 16.6 Å². The van der Waals surface area contributed by atoms with Gasteiger partial charge in [-0.3, -0.25) is 10.9 Å². The van der Waals surface area contributed by atoms with Crippen LogP contribution in [0.25, 0.3) is 0 Å². The first-order valence-corrected chi connectivity index (χ1v) is 4.99. The molecule has 0 unspecified atom stereocenters. The lowest BCUT2D eigenvalue weighted by molar-refractivity contribution is 1.33. The molecular formula is C9H10N4S. The highest BCUT2D eigenvalue weighted by Gasteiger charge is 1.93. The highest BCUT2D eigenvalue weighted by molar-refractivity contribution is 7.13. The Morgan fingerprint density at radius 2 is 1.93 bits per heavy atom. The van der Waals surface area contributed by atoms with Crippen LogP contribution in [0.5, 0.6) is 0 Å². The highest BCUT2D eigenvalue weighted by Crippen LogP contribution is 2.13. The topological polar surface area (TPSA) is 63.0 Å². The third-order valence-corrected chi connectivity index (χ3v) is 2.35. The van der Waals surface area contributed by atoms with E-state index in [0.29, 0.717) is 0 Å². The molecule has 0 bridgehead atoms. The molecule has 2 aromatic rings. The third kappa shape index (κ3) is 2.14. The van der Waals surface area contributed by atoms with Gasteiger partial charge in [0.1, 0.15) is 0 Å². The molecule has 0 atom stereocenters. The Bertz CT molecular complexity index is 382. The highest BCUT2D eigenvalue weighted by atomic mass is 32.1. The molecule has 5 heteroatoms. The molecular weight excluding hydrogens is 196 g/mol. The zero-order chi connectivity index (χ0) is 9.80. The lowest BCUT2D eigenvalue weighted by Gasteiger charge is -2.06. The minimum atomic E-state index is 0.754. The van der Waals surface area contributed by atoms with Crippen LogP contribution in [0.4, 0.5) is 16.5 Å². The molecule has 0 amide bonds. The summed E-state index contributed by atoms with van der Waals surface area (Å²) < 4.78 is 0. The number of nitrogens with zero attached hydrogens (tertiary/aromatic N) is 1. The van der Waals surface area contributed by atoms with Gasteiger partial charge in [-0.25, -0.2) is 4.98 Å². The monoisotopic (exact) mass is 206 g/mol.